The lowest BCUT2D eigenvalue weighted by Gasteiger charge is -2.24. The van der Waals surface area contributed by atoms with E-state index in [0.717, 1.165) is 36.4 Å². The Hall–Kier alpha value is -1.39. The van der Waals surface area contributed by atoms with Crippen LogP contribution in [0.2, 0.25) is 0 Å². The molecular weight excluding hydrogens is 238 g/mol. The lowest BCUT2D eigenvalue weighted by Crippen LogP contribution is -2.21. The van der Waals surface area contributed by atoms with Gasteiger partial charge in [-0.2, -0.15) is 0 Å². The Bertz CT molecular complexity index is 533. The second-order valence-corrected chi connectivity index (χ2v) is 5.19. The van der Waals surface area contributed by atoms with E-state index in [0.29, 0.717) is 6.04 Å². The first-order chi connectivity index (χ1) is 9.11. The average molecular weight is 261 g/mol. The molecule has 0 saturated carbocycles. The highest BCUT2D eigenvalue weighted by molar-refractivity contribution is 5.73. The summed E-state index contributed by atoms with van der Waals surface area (Å²) < 4.78 is 5.53. The Labute approximate surface area is 114 Å². The summed E-state index contributed by atoms with van der Waals surface area (Å²) >= 11 is 0. The predicted molar refractivity (Wildman–Crippen MR) is 78.3 cm³/mol. The maximum Gasteiger partial charge on any atom is 0.192 e. The van der Waals surface area contributed by atoms with E-state index in [1.54, 1.807) is 0 Å². The minimum absolute atomic E-state index is 0.426. The fourth-order valence-electron chi connectivity index (χ4n) is 2.46. The Kier molecular flexibility index (Phi) is 4.56. The molecular formula is C15H23N3O. The van der Waals surface area contributed by atoms with E-state index < -0.39 is 0 Å². The minimum Gasteiger partial charge on any atom is -0.441 e. The number of nitrogens with zero attached hydrogens (tertiary/aromatic N) is 2. The molecule has 0 aliphatic rings. The van der Waals surface area contributed by atoms with Gasteiger partial charge in [-0.1, -0.05) is 6.07 Å². The quantitative estimate of drug-likeness (QED) is 0.812. The van der Waals surface area contributed by atoms with Crippen LogP contribution in [-0.4, -0.2) is 37.6 Å². The van der Waals surface area contributed by atoms with Gasteiger partial charge in [0.25, 0.3) is 0 Å². The van der Waals surface area contributed by atoms with Crippen molar-refractivity contribution in [2.24, 2.45) is 0 Å². The maximum absolute atomic E-state index is 5.53. The van der Waals surface area contributed by atoms with E-state index >= 15 is 0 Å². The number of aryl methyl sites for hydroxylation is 1. The summed E-state index contributed by atoms with van der Waals surface area (Å²) in [5.41, 5.74) is 3.13. The van der Waals surface area contributed by atoms with E-state index in [4.69, 9.17) is 4.42 Å². The van der Waals surface area contributed by atoms with Crippen molar-refractivity contribution in [3.05, 3.63) is 29.7 Å². The van der Waals surface area contributed by atoms with Crippen molar-refractivity contribution in [2.45, 2.75) is 25.8 Å². The van der Waals surface area contributed by atoms with Crippen LogP contribution in [0.1, 0.15) is 30.3 Å². The van der Waals surface area contributed by atoms with Crippen LogP contribution in [0.3, 0.4) is 0 Å². The van der Waals surface area contributed by atoms with Gasteiger partial charge in [0.2, 0.25) is 0 Å². The SMILES string of the molecule is CNCCCC(c1ccc2oc(C)nc2c1)N(C)C. The molecule has 104 valence electrons. The maximum atomic E-state index is 5.53. The van der Waals surface area contributed by atoms with Gasteiger partial charge < -0.3 is 14.6 Å². The number of hydrogen-bond donors (Lipinski definition) is 1. The normalized spacial score (nSPS) is 13.3. The monoisotopic (exact) mass is 261 g/mol. The zero-order valence-electron chi connectivity index (χ0n) is 12.2. The van der Waals surface area contributed by atoms with Crippen molar-refractivity contribution in [3.63, 3.8) is 0 Å². The second-order valence-electron chi connectivity index (χ2n) is 5.19. The van der Waals surface area contributed by atoms with Gasteiger partial charge in [0.05, 0.1) is 0 Å². The van der Waals surface area contributed by atoms with Crippen LogP contribution >= 0.6 is 0 Å². The fraction of sp³-hybridized carbons (Fsp3) is 0.533. The molecule has 0 aliphatic heterocycles. The third-order valence-electron chi connectivity index (χ3n) is 3.43. The number of nitrogens with one attached hydrogen (secondary N) is 1. The first-order valence-corrected chi connectivity index (χ1v) is 6.80. The van der Waals surface area contributed by atoms with Gasteiger partial charge in [0, 0.05) is 13.0 Å². The van der Waals surface area contributed by atoms with Crippen LogP contribution in [0, 0.1) is 6.92 Å². The van der Waals surface area contributed by atoms with Crippen LogP contribution in [0.25, 0.3) is 11.1 Å². The number of rotatable bonds is 6. The van der Waals surface area contributed by atoms with Crippen LogP contribution in [0.4, 0.5) is 0 Å². The lowest BCUT2D eigenvalue weighted by molar-refractivity contribution is 0.279. The number of benzene rings is 1. The van der Waals surface area contributed by atoms with Crippen LogP contribution in [-0.2, 0) is 0 Å². The molecule has 0 spiro atoms. The van der Waals surface area contributed by atoms with Crippen molar-refractivity contribution >= 4 is 11.1 Å². The summed E-state index contributed by atoms with van der Waals surface area (Å²) in [6.07, 6.45) is 2.30. The van der Waals surface area contributed by atoms with Gasteiger partial charge in [0.15, 0.2) is 11.5 Å². The zero-order valence-corrected chi connectivity index (χ0v) is 12.2. The molecule has 1 unspecified atom stereocenters. The molecule has 1 atom stereocenters. The molecule has 0 saturated heterocycles. The van der Waals surface area contributed by atoms with E-state index in [1.165, 1.54) is 5.56 Å². The highest BCUT2D eigenvalue weighted by atomic mass is 16.3. The first kappa shape index (κ1) is 14.0. The van der Waals surface area contributed by atoms with Crippen molar-refractivity contribution in [1.29, 1.82) is 0 Å². The van der Waals surface area contributed by atoms with E-state index in [-0.39, 0.29) is 0 Å². The van der Waals surface area contributed by atoms with Gasteiger partial charge in [-0.15, -0.1) is 0 Å². The summed E-state index contributed by atoms with van der Waals surface area (Å²) in [5, 5.41) is 3.20. The summed E-state index contributed by atoms with van der Waals surface area (Å²) in [7, 11) is 6.25. The molecule has 2 aromatic rings. The molecule has 0 fully saturated rings. The molecule has 4 heteroatoms. The van der Waals surface area contributed by atoms with Crippen molar-refractivity contribution in [2.75, 3.05) is 27.7 Å². The lowest BCUT2D eigenvalue weighted by atomic mass is 10.0. The molecule has 0 amide bonds. The third kappa shape index (κ3) is 3.33. The standard InChI is InChI=1S/C15H23N3O/c1-11-17-13-10-12(7-8-15(13)19-11)14(18(3)4)6-5-9-16-2/h7-8,10,14,16H,5-6,9H2,1-4H3. The minimum atomic E-state index is 0.426. The van der Waals surface area contributed by atoms with Gasteiger partial charge in [-0.3, -0.25) is 0 Å². The molecule has 19 heavy (non-hydrogen) atoms. The van der Waals surface area contributed by atoms with Gasteiger partial charge >= 0.3 is 0 Å². The zero-order chi connectivity index (χ0) is 13.8. The van der Waals surface area contributed by atoms with E-state index in [1.807, 2.05) is 20.0 Å². The molecule has 2 rings (SSSR count). The van der Waals surface area contributed by atoms with Crippen molar-refractivity contribution in [3.8, 4) is 0 Å². The van der Waals surface area contributed by atoms with Crippen LogP contribution in [0.15, 0.2) is 22.6 Å². The predicted octanol–water partition coefficient (Wildman–Crippen LogP) is 2.74. The number of oxazole rings is 1. The largest absolute Gasteiger partial charge is 0.441 e. The number of hydrogen-bond acceptors (Lipinski definition) is 4. The molecule has 0 aliphatic carbocycles. The molecule has 1 aromatic carbocycles. The Morgan fingerprint density at radius 1 is 1.37 bits per heavy atom. The highest BCUT2D eigenvalue weighted by Crippen LogP contribution is 2.26. The topological polar surface area (TPSA) is 41.3 Å². The fourth-order valence-corrected chi connectivity index (χ4v) is 2.46. The summed E-state index contributed by atoms with van der Waals surface area (Å²) in [4.78, 5) is 6.68. The first-order valence-electron chi connectivity index (χ1n) is 6.80. The van der Waals surface area contributed by atoms with Gasteiger partial charge in [-0.25, -0.2) is 4.98 Å². The van der Waals surface area contributed by atoms with Gasteiger partial charge in [-0.05, 0) is 58.2 Å². The molecule has 1 heterocycles. The Balaban J connectivity index is 2.22. The second kappa shape index (κ2) is 6.17. The number of aromatic nitrogens is 1. The van der Waals surface area contributed by atoms with Gasteiger partial charge in [0.1, 0.15) is 5.52 Å². The Morgan fingerprint density at radius 2 is 2.16 bits per heavy atom. The van der Waals surface area contributed by atoms with Crippen molar-refractivity contribution < 1.29 is 4.42 Å². The van der Waals surface area contributed by atoms with E-state index in [2.05, 4.69) is 41.4 Å². The smallest absolute Gasteiger partial charge is 0.192 e. The van der Waals surface area contributed by atoms with E-state index in [9.17, 15) is 0 Å². The molecule has 0 bridgehead atoms. The number of fused-ring (bicyclic) bond motifs is 1. The summed E-state index contributed by atoms with van der Waals surface area (Å²) in [6.45, 7) is 2.94. The average Bonchev–Trinajstić information content (AvgIpc) is 2.73. The summed E-state index contributed by atoms with van der Waals surface area (Å²) in [6, 6.07) is 6.75. The Morgan fingerprint density at radius 3 is 2.84 bits per heavy atom. The van der Waals surface area contributed by atoms with Crippen molar-refractivity contribution in [1.82, 2.24) is 15.2 Å². The molecule has 1 N–H and O–H groups in total. The third-order valence-corrected chi connectivity index (χ3v) is 3.43. The molecule has 0 radical (unpaired) electrons. The summed E-state index contributed by atoms with van der Waals surface area (Å²) in [5.74, 6) is 0.726. The molecule has 1 aromatic heterocycles. The molecule has 4 nitrogen and oxygen atoms in total. The highest BCUT2D eigenvalue weighted by Gasteiger charge is 2.15. The van der Waals surface area contributed by atoms with Crippen LogP contribution < -0.4 is 5.32 Å². The van der Waals surface area contributed by atoms with Crippen LogP contribution in [0.5, 0.6) is 0 Å².